The number of nitrogens with one attached hydrogen (secondary N) is 1. The number of carbonyl (C=O) groups is 1. The summed E-state index contributed by atoms with van der Waals surface area (Å²) in [5.74, 6) is 0.639. The Labute approximate surface area is 154 Å². The number of nitrogens with zero attached hydrogens (tertiary/aromatic N) is 3. The molecule has 1 N–H and O–H groups in total. The van der Waals surface area contributed by atoms with E-state index in [2.05, 4.69) is 36.4 Å². The van der Waals surface area contributed by atoms with Gasteiger partial charge in [-0.2, -0.15) is 0 Å². The molecule has 0 radical (unpaired) electrons. The van der Waals surface area contributed by atoms with Crippen molar-refractivity contribution in [3.63, 3.8) is 0 Å². The minimum atomic E-state index is -0.0148. The van der Waals surface area contributed by atoms with Crippen molar-refractivity contribution < 1.29 is 4.79 Å². The normalized spacial score (nSPS) is 12.5. The zero-order valence-corrected chi connectivity index (χ0v) is 15.6. The SMILES string of the molecule is CC(C)CC[C@@H](C)NC(=O)c1ccc(Cn2nnc3ccccc32)cc1. The molecular formula is C21H26N4O. The van der Waals surface area contributed by atoms with Crippen molar-refractivity contribution in [2.24, 2.45) is 5.92 Å². The van der Waals surface area contributed by atoms with Gasteiger partial charge in [-0.1, -0.05) is 43.3 Å². The number of hydrogen-bond acceptors (Lipinski definition) is 3. The van der Waals surface area contributed by atoms with Gasteiger partial charge in [0.25, 0.3) is 5.91 Å². The predicted octanol–water partition coefficient (Wildman–Crippen LogP) is 4.03. The fourth-order valence-corrected chi connectivity index (χ4v) is 2.93. The van der Waals surface area contributed by atoms with Gasteiger partial charge in [-0.15, -0.1) is 5.10 Å². The van der Waals surface area contributed by atoms with E-state index >= 15 is 0 Å². The summed E-state index contributed by atoms with van der Waals surface area (Å²) in [4.78, 5) is 12.4. The molecule has 1 aromatic heterocycles. The molecule has 5 heteroatoms. The van der Waals surface area contributed by atoms with Crippen LogP contribution in [0.4, 0.5) is 0 Å². The van der Waals surface area contributed by atoms with E-state index in [4.69, 9.17) is 0 Å². The quantitative estimate of drug-likeness (QED) is 0.700. The van der Waals surface area contributed by atoms with Gasteiger partial charge in [0.2, 0.25) is 0 Å². The molecule has 0 spiro atoms. The van der Waals surface area contributed by atoms with E-state index in [0.29, 0.717) is 18.0 Å². The van der Waals surface area contributed by atoms with Crippen LogP contribution in [-0.2, 0) is 6.54 Å². The smallest absolute Gasteiger partial charge is 0.251 e. The van der Waals surface area contributed by atoms with Crippen LogP contribution in [0.3, 0.4) is 0 Å². The Morgan fingerprint density at radius 2 is 1.77 bits per heavy atom. The average Bonchev–Trinajstić information content (AvgIpc) is 3.04. The van der Waals surface area contributed by atoms with Crippen molar-refractivity contribution in [2.45, 2.75) is 46.2 Å². The second-order valence-electron chi connectivity index (χ2n) is 7.28. The van der Waals surface area contributed by atoms with E-state index in [1.54, 1.807) is 0 Å². The topological polar surface area (TPSA) is 59.8 Å². The zero-order chi connectivity index (χ0) is 18.5. The Balaban J connectivity index is 1.62. The van der Waals surface area contributed by atoms with Gasteiger partial charge < -0.3 is 5.32 Å². The van der Waals surface area contributed by atoms with Crippen LogP contribution in [0.15, 0.2) is 48.5 Å². The van der Waals surface area contributed by atoms with Crippen LogP contribution >= 0.6 is 0 Å². The molecule has 0 bridgehead atoms. The maximum atomic E-state index is 12.4. The minimum absolute atomic E-state index is 0.0148. The van der Waals surface area contributed by atoms with Crippen molar-refractivity contribution in [1.29, 1.82) is 0 Å². The zero-order valence-electron chi connectivity index (χ0n) is 15.6. The van der Waals surface area contributed by atoms with Gasteiger partial charge >= 0.3 is 0 Å². The highest BCUT2D eigenvalue weighted by atomic mass is 16.1. The molecule has 0 aliphatic carbocycles. The molecule has 1 amide bonds. The van der Waals surface area contributed by atoms with Crippen LogP contribution in [0.5, 0.6) is 0 Å². The van der Waals surface area contributed by atoms with Gasteiger partial charge in [0.15, 0.2) is 0 Å². The largest absolute Gasteiger partial charge is 0.350 e. The molecule has 0 fully saturated rings. The number of aromatic nitrogens is 3. The second kappa shape index (κ2) is 8.13. The summed E-state index contributed by atoms with van der Waals surface area (Å²) >= 11 is 0. The first kappa shape index (κ1) is 18.1. The summed E-state index contributed by atoms with van der Waals surface area (Å²) < 4.78 is 1.87. The van der Waals surface area contributed by atoms with Crippen LogP contribution in [0, 0.1) is 5.92 Å². The Kier molecular flexibility index (Phi) is 5.66. The summed E-state index contributed by atoms with van der Waals surface area (Å²) in [6.45, 7) is 7.09. The van der Waals surface area contributed by atoms with E-state index < -0.39 is 0 Å². The predicted molar refractivity (Wildman–Crippen MR) is 104 cm³/mol. The Bertz CT molecular complexity index is 867. The van der Waals surface area contributed by atoms with Gasteiger partial charge in [-0.25, -0.2) is 4.68 Å². The fourth-order valence-electron chi connectivity index (χ4n) is 2.93. The fraction of sp³-hybridized carbons (Fsp3) is 0.381. The van der Waals surface area contributed by atoms with E-state index in [9.17, 15) is 4.79 Å². The number of fused-ring (bicyclic) bond motifs is 1. The summed E-state index contributed by atoms with van der Waals surface area (Å²) in [7, 11) is 0. The highest BCUT2D eigenvalue weighted by Crippen LogP contribution is 2.13. The number of rotatable bonds is 7. The van der Waals surface area contributed by atoms with Crippen molar-refractivity contribution in [3.05, 3.63) is 59.7 Å². The number of hydrogen-bond donors (Lipinski definition) is 1. The molecule has 3 rings (SSSR count). The Morgan fingerprint density at radius 1 is 1.04 bits per heavy atom. The lowest BCUT2D eigenvalue weighted by Crippen LogP contribution is -2.32. The number of benzene rings is 2. The maximum absolute atomic E-state index is 12.4. The van der Waals surface area contributed by atoms with Crippen molar-refractivity contribution in [2.75, 3.05) is 0 Å². The van der Waals surface area contributed by atoms with Gasteiger partial charge in [-0.05, 0) is 55.5 Å². The molecule has 0 aliphatic rings. The number of para-hydroxylation sites is 1. The summed E-state index contributed by atoms with van der Waals surface area (Å²) in [5, 5.41) is 11.5. The molecule has 1 atom stereocenters. The molecule has 0 aliphatic heterocycles. The molecule has 1 heterocycles. The van der Waals surface area contributed by atoms with Gasteiger partial charge in [-0.3, -0.25) is 4.79 Å². The lowest BCUT2D eigenvalue weighted by Gasteiger charge is -2.15. The standard InChI is InChI=1S/C21H26N4O/c1-15(2)8-9-16(3)22-21(26)18-12-10-17(11-13-18)14-25-20-7-5-4-6-19(20)23-24-25/h4-7,10-13,15-16H,8-9,14H2,1-3H3,(H,22,26)/t16-/m1/s1. The van der Waals surface area contributed by atoms with Gasteiger partial charge in [0.1, 0.15) is 5.52 Å². The minimum Gasteiger partial charge on any atom is -0.350 e. The molecule has 3 aromatic rings. The van der Waals surface area contributed by atoms with Crippen LogP contribution in [0.2, 0.25) is 0 Å². The van der Waals surface area contributed by atoms with E-state index in [-0.39, 0.29) is 11.9 Å². The molecule has 2 aromatic carbocycles. The van der Waals surface area contributed by atoms with Crippen LogP contribution in [0.1, 0.15) is 49.5 Å². The molecular weight excluding hydrogens is 324 g/mol. The van der Waals surface area contributed by atoms with Crippen LogP contribution in [-0.4, -0.2) is 26.9 Å². The molecule has 26 heavy (non-hydrogen) atoms. The van der Waals surface area contributed by atoms with Gasteiger partial charge in [0.05, 0.1) is 12.1 Å². The third-order valence-electron chi connectivity index (χ3n) is 4.52. The van der Waals surface area contributed by atoms with Crippen LogP contribution in [0.25, 0.3) is 11.0 Å². The van der Waals surface area contributed by atoms with Crippen molar-refractivity contribution in [1.82, 2.24) is 20.3 Å². The molecule has 0 saturated heterocycles. The molecule has 0 unspecified atom stereocenters. The summed E-state index contributed by atoms with van der Waals surface area (Å²) in [6.07, 6.45) is 2.12. The lowest BCUT2D eigenvalue weighted by molar-refractivity contribution is 0.0937. The summed E-state index contributed by atoms with van der Waals surface area (Å²) in [6, 6.07) is 15.8. The van der Waals surface area contributed by atoms with Crippen molar-refractivity contribution in [3.8, 4) is 0 Å². The number of carbonyl (C=O) groups excluding carboxylic acids is 1. The molecule has 136 valence electrons. The Morgan fingerprint density at radius 3 is 2.50 bits per heavy atom. The lowest BCUT2D eigenvalue weighted by atomic mass is 10.0. The van der Waals surface area contributed by atoms with E-state index in [1.165, 1.54) is 0 Å². The third-order valence-corrected chi connectivity index (χ3v) is 4.52. The second-order valence-corrected chi connectivity index (χ2v) is 7.28. The third kappa shape index (κ3) is 4.48. The maximum Gasteiger partial charge on any atom is 0.251 e. The highest BCUT2D eigenvalue weighted by Gasteiger charge is 2.11. The Hall–Kier alpha value is -2.69. The van der Waals surface area contributed by atoms with E-state index in [1.807, 2.05) is 53.2 Å². The average molecular weight is 350 g/mol. The first-order valence-electron chi connectivity index (χ1n) is 9.21. The van der Waals surface area contributed by atoms with Gasteiger partial charge in [0, 0.05) is 11.6 Å². The molecule has 5 nitrogen and oxygen atoms in total. The molecule has 0 saturated carbocycles. The van der Waals surface area contributed by atoms with E-state index in [0.717, 1.165) is 29.4 Å². The first-order chi connectivity index (χ1) is 12.5. The van der Waals surface area contributed by atoms with Crippen molar-refractivity contribution >= 4 is 16.9 Å². The first-order valence-corrected chi connectivity index (χ1v) is 9.21. The van der Waals surface area contributed by atoms with Crippen LogP contribution < -0.4 is 5.32 Å². The number of amides is 1. The highest BCUT2D eigenvalue weighted by molar-refractivity contribution is 5.94. The summed E-state index contributed by atoms with van der Waals surface area (Å²) in [5.41, 5.74) is 3.67. The monoisotopic (exact) mass is 350 g/mol.